The largest absolute Gasteiger partial charge is 0.376 e. The first-order valence-electron chi connectivity index (χ1n) is 9.52. The number of nitrogens with zero attached hydrogens (tertiary/aromatic N) is 1. The molecular formula is C21H25ClN2O4S. The third kappa shape index (κ3) is 5.10. The lowest BCUT2D eigenvalue weighted by molar-refractivity contribution is -0.120. The highest BCUT2D eigenvalue weighted by Crippen LogP contribution is 2.30. The van der Waals surface area contributed by atoms with E-state index in [1.807, 2.05) is 6.92 Å². The molecule has 156 valence electrons. The molecule has 8 heteroatoms. The first kappa shape index (κ1) is 21.6. The molecule has 0 bridgehead atoms. The summed E-state index contributed by atoms with van der Waals surface area (Å²) in [6.45, 7) is 4.33. The quantitative estimate of drug-likeness (QED) is 0.721. The average molecular weight is 437 g/mol. The van der Waals surface area contributed by atoms with Gasteiger partial charge in [-0.2, -0.15) is 0 Å². The molecule has 3 rings (SSSR count). The maximum Gasteiger partial charge on any atom is 0.264 e. The lowest BCUT2D eigenvalue weighted by Crippen LogP contribution is -2.43. The van der Waals surface area contributed by atoms with Crippen molar-refractivity contribution in [3.8, 4) is 0 Å². The van der Waals surface area contributed by atoms with E-state index in [0.29, 0.717) is 29.4 Å². The Labute approximate surface area is 176 Å². The van der Waals surface area contributed by atoms with E-state index in [2.05, 4.69) is 5.32 Å². The second kappa shape index (κ2) is 9.15. The van der Waals surface area contributed by atoms with E-state index >= 15 is 0 Å². The Morgan fingerprint density at radius 3 is 2.59 bits per heavy atom. The van der Waals surface area contributed by atoms with Crippen molar-refractivity contribution in [2.75, 3.05) is 24.0 Å². The Kier molecular flexibility index (Phi) is 6.82. The van der Waals surface area contributed by atoms with Gasteiger partial charge >= 0.3 is 0 Å². The van der Waals surface area contributed by atoms with Gasteiger partial charge in [0, 0.05) is 18.2 Å². The van der Waals surface area contributed by atoms with E-state index in [-0.39, 0.29) is 17.5 Å². The molecule has 0 aliphatic carbocycles. The van der Waals surface area contributed by atoms with Crippen LogP contribution in [-0.4, -0.2) is 40.1 Å². The smallest absolute Gasteiger partial charge is 0.264 e. The summed E-state index contributed by atoms with van der Waals surface area (Å²) in [6.07, 6.45) is 1.84. The normalized spacial score (nSPS) is 16.6. The van der Waals surface area contributed by atoms with Crippen LogP contribution in [0.4, 0.5) is 5.69 Å². The standard InChI is InChI=1S/C21H25ClN2O4S/c1-15-8-10-18(11-9-15)29(26,27)24(20-7-3-6-19(22)16(20)2)14-21(25)23-13-17-5-4-12-28-17/h3,6-11,17H,4-5,12-14H2,1-2H3,(H,23,25). The molecule has 2 aromatic rings. The van der Waals surface area contributed by atoms with Crippen LogP contribution >= 0.6 is 11.6 Å². The SMILES string of the molecule is Cc1ccc(S(=O)(=O)N(CC(=O)NCC2CCCO2)c2cccc(Cl)c2C)cc1. The van der Waals surface area contributed by atoms with E-state index in [1.54, 1.807) is 49.4 Å². The third-order valence-corrected chi connectivity index (χ3v) is 7.14. The lowest BCUT2D eigenvalue weighted by Gasteiger charge is -2.26. The summed E-state index contributed by atoms with van der Waals surface area (Å²) >= 11 is 6.22. The van der Waals surface area contributed by atoms with Gasteiger partial charge in [-0.1, -0.05) is 35.4 Å². The molecule has 1 aliphatic rings. The predicted molar refractivity (Wildman–Crippen MR) is 114 cm³/mol. The highest BCUT2D eigenvalue weighted by molar-refractivity contribution is 7.92. The topological polar surface area (TPSA) is 75.7 Å². The second-order valence-electron chi connectivity index (χ2n) is 7.15. The van der Waals surface area contributed by atoms with Crippen LogP contribution in [0.1, 0.15) is 24.0 Å². The van der Waals surface area contributed by atoms with Gasteiger partial charge < -0.3 is 10.1 Å². The van der Waals surface area contributed by atoms with E-state index in [1.165, 1.54) is 0 Å². The number of carbonyl (C=O) groups is 1. The fourth-order valence-electron chi connectivity index (χ4n) is 3.22. The van der Waals surface area contributed by atoms with E-state index in [0.717, 1.165) is 22.7 Å². The van der Waals surface area contributed by atoms with Crippen molar-refractivity contribution >= 4 is 33.2 Å². The molecular weight excluding hydrogens is 412 g/mol. The van der Waals surface area contributed by atoms with E-state index < -0.39 is 15.9 Å². The highest BCUT2D eigenvalue weighted by atomic mass is 35.5. The number of rotatable bonds is 7. The lowest BCUT2D eigenvalue weighted by atomic mass is 10.2. The molecule has 1 N–H and O–H groups in total. The van der Waals surface area contributed by atoms with Crippen LogP contribution in [-0.2, 0) is 19.6 Å². The molecule has 1 saturated heterocycles. The van der Waals surface area contributed by atoms with Crippen molar-refractivity contribution in [3.05, 3.63) is 58.6 Å². The molecule has 1 amide bonds. The molecule has 0 radical (unpaired) electrons. The molecule has 1 fully saturated rings. The highest BCUT2D eigenvalue weighted by Gasteiger charge is 2.29. The molecule has 1 heterocycles. The first-order chi connectivity index (χ1) is 13.8. The van der Waals surface area contributed by atoms with Gasteiger partial charge in [-0.25, -0.2) is 8.42 Å². The van der Waals surface area contributed by atoms with E-state index in [9.17, 15) is 13.2 Å². The van der Waals surface area contributed by atoms with Crippen LogP contribution in [0.2, 0.25) is 5.02 Å². The van der Waals surface area contributed by atoms with Crippen LogP contribution < -0.4 is 9.62 Å². The van der Waals surface area contributed by atoms with Gasteiger partial charge in [0.15, 0.2) is 0 Å². The Morgan fingerprint density at radius 1 is 1.21 bits per heavy atom. The van der Waals surface area contributed by atoms with Crippen LogP contribution in [0.5, 0.6) is 0 Å². The zero-order valence-corrected chi connectivity index (χ0v) is 18.1. The number of halogens is 1. The number of hydrogen-bond donors (Lipinski definition) is 1. The number of carbonyl (C=O) groups excluding carboxylic acids is 1. The summed E-state index contributed by atoms with van der Waals surface area (Å²) in [6, 6.07) is 11.6. The number of anilines is 1. The number of aryl methyl sites for hydroxylation is 1. The number of ether oxygens (including phenoxy) is 1. The van der Waals surface area contributed by atoms with Crippen LogP contribution in [0.25, 0.3) is 0 Å². The number of sulfonamides is 1. The minimum atomic E-state index is -3.96. The Morgan fingerprint density at radius 2 is 1.93 bits per heavy atom. The van der Waals surface area contributed by atoms with Crippen LogP contribution in [0.3, 0.4) is 0 Å². The predicted octanol–water partition coefficient (Wildman–Crippen LogP) is 3.45. The van der Waals surface area contributed by atoms with E-state index in [4.69, 9.17) is 16.3 Å². The van der Waals surface area contributed by atoms with Crippen LogP contribution in [0.15, 0.2) is 47.4 Å². The molecule has 29 heavy (non-hydrogen) atoms. The summed E-state index contributed by atoms with van der Waals surface area (Å²) < 4.78 is 33.4. The molecule has 0 aromatic heterocycles. The molecule has 1 unspecified atom stereocenters. The maximum atomic E-state index is 13.4. The summed E-state index contributed by atoms with van der Waals surface area (Å²) in [4.78, 5) is 12.7. The summed E-state index contributed by atoms with van der Waals surface area (Å²) in [5.74, 6) is -0.393. The summed E-state index contributed by atoms with van der Waals surface area (Å²) in [5, 5.41) is 3.23. The van der Waals surface area contributed by atoms with Gasteiger partial charge in [0.05, 0.1) is 16.7 Å². The monoisotopic (exact) mass is 436 g/mol. The molecule has 1 aliphatic heterocycles. The minimum Gasteiger partial charge on any atom is -0.376 e. The van der Waals surface area contributed by atoms with Gasteiger partial charge in [0.2, 0.25) is 5.91 Å². The number of nitrogens with one attached hydrogen (secondary N) is 1. The maximum absolute atomic E-state index is 13.4. The van der Waals surface area contributed by atoms with Gasteiger partial charge in [0.25, 0.3) is 10.0 Å². The van der Waals surface area contributed by atoms with Crippen molar-refractivity contribution in [2.24, 2.45) is 0 Å². The van der Waals surface area contributed by atoms with Gasteiger partial charge in [0.1, 0.15) is 6.54 Å². The molecule has 1 atom stereocenters. The van der Waals surface area contributed by atoms with Gasteiger partial charge in [-0.05, 0) is 56.5 Å². The number of amides is 1. The third-order valence-electron chi connectivity index (χ3n) is 4.95. The zero-order valence-electron chi connectivity index (χ0n) is 16.5. The summed E-state index contributed by atoms with van der Waals surface area (Å²) in [7, 11) is -3.96. The van der Waals surface area contributed by atoms with Crippen molar-refractivity contribution in [2.45, 2.75) is 37.7 Å². The minimum absolute atomic E-state index is 0.0194. The zero-order chi connectivity index (χ0) is 21.0. The molecule has 0 spiro atoms. The first-order valence-corrected chi connectivity index (χ1v) is 11.3. The van der Waals surface area contributed by atoms with Gasteiger partial charge in [-0.3, -0.25) is 9.10 Å². The Bertz CT molecular complexity index is 971. The van der Waals surface area contributed by atoms with Gasteiger partial charge in [-0.15, -0.1) is 0 Å². The molecule has 0 saturated carbocycles. The average Bonchev–Trinajstić information content (AvgIpc) is 3.21. The van der Waals surface area contributed by atoms with Crippen molar-refractivity contribution < 1.29 is 17.9 Å². The van der Waals surface area contributed by atoms with Crippen molar-refractivity contribution in [3.63, 3.8) is 0 Å². The second-order valence-corrected chi connectivity index (χ2v) is 9.42. The van der Waals surface area contributed by atoms with Crippen molar-refractivity contribution in [1.82, 2.24) is 5.32 Å². The number of hydrogen-bond acceptors (Lipinski definition) is 4. The van der Waals surface area contributed by atoms with Crippen LogP contribution in [0, 0.1) is 13.8 Å². The Hall–Kier alpha value is -2.09. The number of benzene rings is 2. The fraction of sp³-hybridized carbons (Fsp3) is 0.381. The molecule has 6 nitrogen and oxygen atoms in total. The van der Waals surface area contributed by atoms with Crippen molar-refractivity contribution in [1.29, 1.82) is 0 Å². The summed E-state index contributed by atoms with van der Waals surface area (Å²) in [5.41, 5.74) is 1.92. The fourth-order valence-corrected chi connectivity index (χ4v) is 4.87. The molecule has 2 aromatic carbocycles. The Balaban J connectivity index is 1.90.